The standard InChI is InChI=1S/C44H54N6O8S6/c1-47(21-25-51)35-7-3-33(4-8-35)15-17-43-49(23-27-57-43)39-13-11-37(31-41(39)61-43)63(53,54)45-19-29-59-60-30-20-46-64(55,56)38-12-14-40-42(32-38)62-44(50(40)24-28-58-44)18-16-34-5-9-36(10-6-34)48(2)22-26-52/h3-9,11-18,31-32,36,45-46,51-52H,10,19-30H2,1-2H3/b17-15+,18-16+. The van der Waals surface area contributed by atoms with Crippen LogP contribution in [0.1, 0.15) is 12.0 Å². The van der Waals surface area contributed by atoms with Crippen molar-refractivity contribution in [1.82, 2.24) is 14.3 Å². The molecule has 0 aromatic heterocycles. The maximum atomic E-state index is 13.3. The van der Waals surface area contributed by atoms with Crippen LogP contribution in [0.15, 0.2) is 122 Å². The Bertz CT molecular complexity index is 2510. The Labute approximate surface area is 393 Å². The summed E-state index contributed by atoms with van der Waals surface area (Å²) in [6.07, 6.45) is 15.4. The molecule has 5 aliphatic rings. The highest BCUT2D eigenvalue weighted by Crippen LogP contribution is 2.55. The van der Waals surface area contributed by atoms with Crippen LogP contribution in [0.4, 0.5) is 17.1 Å². The fourth-order valence-corrected chi connectivity index (χ4v) is 15.1. The Hall–Kier alpha value is -2.96. The first-order valence-corrected chi connectivity index (χ1v) is 28.2. The number of nitrogens with one attached hydrogen (secondary N) is 2. The zero-order chi connectivity index (χ0) is 45.0. The third-order valence-corrected chi connectivity index (χ3v) is 19.4. The molecule has 8 rings (SSSR count). The van der Waals surface area contributed by atoms with Crippen LogP contribution in [0.3, 0.4) is 0 Å². The summed E-state index contributed by atoms with van der Waals surface area (Å²) in [6.45, 7) is 4.31. The van der Waals surface area contributed by atoms with Crippen LogP contribution in [0, 0.1) is 0 Å². The van der Waals surface area contributed by atoms with E-state index in [2.05, 4.69) is 48.4 Å². The van der Waals surface area contributed by atoms with Gasteiger partial charge in [0.15, 0.2) is 0 Å². The number of aliphatic hydroxyl groups is 2. The van der Waals surface area contributed by atoms with Gasteiger partial charge in [-0.3, -0.25) is 4.90 Å². The van der Waals surface area contributed by atoms with E-state index in [9.17, 15) is 27.0 Å². The number of hydrogen-bond donors (Lipinski definition) is 4. The smallest absolute Gasteiger partial charge is 0.240 e. The number of benzene rings is 3. The van der Waals surface area contributed by atoms with Crippen LogP contribution < -0.4 is 24.1 Å². The van der Waals surface area contributed by atoms with Crippen molar-refractivity contribution in [3.8, 4) is 0 Å². The summed E-state index contributed by atoms with van der Waals surface area (Å²) in [5.41, 5.74) is 4.96. The number of rotatable bonds is 21. The van der Waals surface area contributed by atoms with Gasteiger partial charge < -0.3 is 34.4 Å². The third-order valence-electron chi connectivity index (χ3n) is 11.5. The maximum absolute atomic E-state index is 13.3. The van der Waals surface area contributed by atoms with Crippen LogP contribution in [0.25, 0.3) is 6.08 Å². The molecule has 2 saturated heterocycles. The van der Waals surface area contributed by atoms with Crippen molar-refractivity contribution in [2.24, 2.45) is 0 Å². The molecule has 0 saturated carbocycles. The predicted octanol–water partition coefficient (Wildman–Crippen LogP) is 5.39. The van der Waals surface area contributed by atoms with E-state index in [1.165, 1.54) is 45.1 Å². The van der Waals surface area contributed by atoms with Gasteiger partial charge in [-0.25, -0.2) is 26.3 Å². The summed E-state index contributed by atoms with van der Waals surface area (Å²) in [7, 11) is -0.655. The van der Waals surface area contributed by atoms with Crippen molar-refractivity contribution in [2.45, 2.75) is 42.2 Å². The van der Waals surface area contributed by atoms with Crippen molar-refractivity contribution < 1.29 is 36.5 Å². The van der Waals surface area contributed by atoms with Gasteiger partial charge in [-0.1, -0.05) is 87.6 Å². The lowest BCUT2D eigenvalue weighted by atomic mass is 10.0. The zero-order valence-corrected chi connectivity index (χ0v) is 40.6. The van der Waals surface area contributed by atoms with Gasteiger partial charge in [0, 0.05) is 79.3 Å². The van der Waals surface area contributed by atoms with Crippen LogP contribution in [0.2, 0.25) is 0 Å². The van der Waals surface area contributed by atoms with E-state index in [0.29, 0.717) is 50.9 Å². The van der Waals surface area contributed by atoms with E-state index in [1.54, 1.807) is 24.3 Å². The number of likely N-dealkylation sites (N-methyl/N-ethyl adjacent to an activating group) is 2. The van der Waals surface area contributed by atoms with Gasteiger partial charge in [-0.2, -0.15) is 0 Å². The van der Waals surface area contributed by atoms with E-state index in [1.807, 2.05) is 73.6 Å². The van der Waals surface area contributed by atoms with Crippen molar-refractivity contribution in [3.05, 3.63) is 108 Å². The summed E-state index contributed by atoms with van der Waals surface area (Å²) in [4.78, 5) is 10.5. The second-order valence-corrected chi connectivity index (χ2v) is 24.3. The fourth-order valence-electron chi connectivity index (χ4n) is 8.01. The Morgan fingerprint density at radius 2 is 1.33 bits per heavy atom. The molecule has 20 heteroatoms. The number of sulfonamides is 2. The highest BCUT2D eigenvalue weighted by molar-refractivity contribution is 8.76. The largest absolute Gasteiger partial charge is 0.395 e. The average molecular weight is 987 g/mol. The molecular formula is C44H54N6O8S6. The van der Waals surface area contributed by atoms with E-state index < -0.39 is 30.2 Å². The Morgan fingerprint density at radius 1 is 0.781 bits per heavy atom. The fraction of sp³-hybridized carbons (Fsp3) is 0.409. The molecule has 0 amide bonds. The number of aliphatic hydroxyl groups excluding tert-OH is 2. The minimum absolute atomic E-state index is 0.0836. The maximum Gasteiger partial charge on any atom is 0.240 e. The molecule has 0 spiro atoms. The highest BCUT2D eigenvalue weighted by atomic mass is 33.1. The monoisotopic (exact) mass is 986 g/mol. The second kappa shape index (κ2) is 20.5. The van der Waals surface area contributed by atoms with E-state index in [-0.39, 0.29) is 42.1 Å². The van der Waals surface area contributed by atoms with Gasteiger partial charge in [0.05, 0.1) is 47.6 Å². The molecule has 64 heavy (non-hydrogen) atoms. The Kier molecular flexibility index (Phi) is 15.2. The molecule has 4 aliphatic heterocycles. The average Bonchev–Trinajstić information content (AvgIpc) is 4.04. The second-order valence-electron chi connectivity index (χ2n) is 15.6. The lowest BCUT2D eigenvalue weighted by Crippen LogP contribution is -2.36. The number of allylic oxidation sites excluding steroid dienone is 3. The predicted molar refractivity (Wildman–Crippen MR) is 262 cm³/mol. The van der Waals surface area contributed by atoms with Crippen LogP contribution in [-0.2, 0) is 29.5 Å². The normalized spacial score (nSPS) is 22.8. The molecule has 0 bridgehead atoms. The number of anilines is 3. The van der Waals surface area contributed by atoms with Gasteiger partial charge in [-0.15, -0.1) is 0 Å². The molecule has 344 valence electrons. The minimum atomic E-state index is -3.78. The third kappa shape index (κ3) is 10.4. The minimum Gasteiger partial charge on any atom is -0.395 e. The molecule has 3 aromatic rings. The van der Waals surface area contributed by atoms with Crippen LogP contribution in [-0.4, -0.2) is 139 Å². The summed E-state index contributed by atoms with van der Waals surface area (Å²) < 4.78 is 71.3. The molecule has 3 atom stereocenters. The molecule has 4 heterocycles. The first kappa shape index (κ1) is 47.5. The van der Waals surface area contributed by atoms with Crippen molar-refractivity contribution >= 4 is 88.3 Å². The first-order chi connectivity index (χ1) is 30.9. The molecule has 14 nitrogen and oxygen atoms in total. The lowest BCUT2D eigenvalue weighted by molar-refractivity contribution is 0.123. The number of fused-ring (bicyclic) bond motifs is 6. The molecule has 0 radical (unpaired) electrons. The summed E-state index contributed by atoms with van der Waals surface area (Å²) in [5.74, 6) is 0.996. The van der Waals surface area contributed by atoms with E-state index in [0.717, 1.165) is 44.4 Å². The number of thioether (sulfide) groups is 2. The van der Waals surface area contributed by atoms with Crippen molar-refractivity contribution in [1.29, 1.82) is 0 Å². The van der Waals surface area contributed by atoms with E-state index in [4.69, 9.17) is 9.47 Å². The molecule has 2 fully saturated rings. The number of hydrogen-bond acceptors (Lipinski definition) is 16. The quantitative estimate of drug-likeness (QED) is 0.0793. The Balaban J connectivity index is 0.775. The van der Waals surface area contributed by atoms with Gasteiger partial charge in [0.1, 0.15) is 0 Å². The SMILES string of the molecule is CN(CCO)c1ccc(/C=C/C23OCCN2c2ccc(S(=O)(=O)NCCSSCCNS(=O)(=O)c4ccc5c(c4)SC4(/C=C/C6=CCC(N(C)CCO)C=C6)OCCN54)cc2S3)cc1. The summed E-state index contributed by atoms with van der Waals surface area (Å²) >= 11 is 2.99. The van der Waals surface area contributed by atoms with Gasteiger partial charge in [0.2, 0.25) is 30.2 Å². The summed E-state index contributed by atoms with van der Waals surface area (Å²) in [6, 6.07) is 18.7. The Morgan fingerprint density at radius 3 is 1.84 bits per heavy atom. The number of ether oxygens (including phenoxy) is 2. The molecule has 3 unspecified atom stereocenters. The van der Waals surface area contributed by atoms with Crippen LogP contribution >= 0.6 is 45.1 Å². The summed E-state index contributed by atoms with van der Waals surface area (Å²) in [5, 5.41) is 17.0. The highest BCUT2D eigenvalue weighted by Gasteiger charge is 2.49. The molecule has 1 aliphatic carbocycles. The van der Waals surface area contributed by atoms with Crippen molar-refractivity contribution in [2.75, 3.05) is 106 Å². The van der Waals surface area contributed by atoms with Gasteiger partial charge in [0.25, 0.3) is 0 Å². The zero-order valence-electron chi connectivity index (χ0n) is 35.7. The topological polar surface area (TPSA) is 164 Å². The van der Waals surface area contributed by atoms with Crippen LogP contribution in [0.5, 0.6) is 0 Å². The van der Waals surface area contributed by atoms with E-state index >= 15 is 0 Å². The lowest BCUT2D eigenvalue weighted by Gasteiger charge is -2.28. The molecular weight excluding hydrogens is 933 g/mol. The first-order valence-electron chi connectivity index (χ1n) is 21.1. The molecule has 3 aromatic carbocycles. The van der Waals surface area contributed by atoms with Gasteiger partial charge >= 0.3 is 0 Å². The van der Waals surface area contributed by atoms with Crippen molar-refractivity contribution in [3.63, 3.8) is 0 Å². The van der Waals surface area contributed by atoms with Gasteiger partial charge in [-0.05, 0) is 85.3 Å². The molecule has 4 N–H and O–H groups in total. The number of nitrogens with zero attached hydrogens (tertiary/aromatic N) is 4.